The third-order valence-electron chi connectivity index (χ3n) is 6.66. The number of hydrogen-bond acceptors (Lipinski definition) is 12. The van der Waals surface area contributed by atoms with Crippen LogP contribution in [0.3, 0.4) is 0 Å². The monoisotopic (exact) mass is 605 g/mol. The molecule has 0 bridgehead atoms. The summed E-state index contributed by atoms with van der Waals surface area (Å²) in [5.74, 6) is -0.299. The summed E-state index contributed by atoms with van der Waals surface area (Å²) in [7, 11) is 0. The number of Topliss-reactive ketones (excluding diaryl/α,β-unsaturated/α-hetero) is 1. The van der Waals surface area contributed by atoms with Crippen LogP contribution in [0.4, 0.5) is 10.3 Å². The minimum atomic E-state index is -0.493. The van der Waals surface area contributed by atoms with Crippen molar-refractivity contribution in [1.82, 2.24) is 15.2 Å². The van der Waals surface area contributed by atoms with Crippen LogP contribution in [0.1, 0.15) is 37.5 Å². The number of nitrogens with zero attached hydrogens (tertiary/aromatic N) is 5. The van der Waals surface area contributed by atoms with Crippen molar-refractivity contribution >= 4 is 77.9 Å². The van der Waals surface area contributed by atoms with Crippen molar-refractivity contribution in [2.75, 3.05) is 16.0 Å². The van der Waals surface area contributed by atoms with Crippen LogP contribution < -0.4 is 16.0 Å². The van der Waals surface area contributed by atoms with Gasteiger partial charge in [-0.15, -0.1) is 21.5 Å². The Balaban J connectivity index is 1.26. The number of thioether (sulfide) groups is 1. The fraction of sp³-hybridized carbons (Fsp3) is 0.259. The molecule has 13 heteroatoms. The zero-order valence-corrected chi connectivity index (χ0v) is 24.8. The van der Waals surface area contributed by atoms with E-state index in [1.165, 1.54) is 45.8 Å². The second-order valence-corrected chi connectivity index (χ2v) is 14.4. The van der Waals surface area contributed by atoms with Gasteiger partial charge in [0.2, 0.25) is 11.0 Å². The molecule has 1 unspecified atom stereocenters. The molecule has 202 valence electrons. The number of para-hydroxylation sites is 1. The number of nitrogens with two attached hydrogens (primary N) is 1. The summed E-state index contributed by atoms with van der Waals surface area (Å²) >= 11 is 5.45. The van der Waals surface area contributed by atoms with Crippen LogP contribution in [-0.4, -0.2) is 32.6 Å². The molecule has 3 N–H and O–H groups in total. The van der Waals surface area contributed by atoms with E-state index in [0.29, 0.717) is 38.6 Å². The largest absolute Gasteiger partial charge is 0.384 e. The molecule has 1 aliphatic heterocycles. The van der Waals surface area contributed by atoms with Gasteiger partial charge in [-0.25, -0.2) is 4.98 Å². The fourth-order valence-corrected chi connectivity index (χ4v) is 8.43. The number of hydrogen-bond donors (Lipinski definition) is 2. The minimum Gasteiger partial charge on any atom is -0.384 e. The summed E-state index contributed by atoms with van der Waals surface area (Å²) in [5.41, 5.74) is 8.91. The van der Waals surface area contributed by atoms with Crippen LogP contribution in [0, 0.1) is 16.7 Å². The van der Waals surface area contributed by atoms with Crippen molar-refractivity contribution in [3.63, 3.8) is 0 Å². The molecule has 0 spiro atoms. The quantitative estimate of drug-likeness (QED) is 0.258. The highest BCUT2D eigenvalue weighted by Gasteiger charge is 2.45. The van der Waals surface area contributed by atoms with Gasteiger partial charge in [0.15, 0.2) is 15.3 Å². The number of nitrogens with one attached hydrogen (secondary N) is 1. The molecule has 40 heavy (non-hydrogen) atoms. The number of aromatic nitrogens is 3. The molecule has 1 aromatic carbocycles. The molecule has 0 fully saturated rings. The van der Waals surface area contributed by atoms with Gasteiger partial charge in [0, 0.05) is 22.6 Å². The summed E-state index contributed by atoms with van der Waals surface area (Å²) in [4.78, 5) is 33.2. The molecule has 3 aromatic heterocycles. The molecular formula is C27H23N7O2S4. The molecule has 0 radical (unpaired) electrons. The van der Waals surface area contributed by atoms with Gasteiger partial charge < -0.3 is 11.1 Å². The Labute approximate surface area is 246 Å². The van der Waals surface area contributed by atoms with Gasteiger partial charge in [0.1, 0.15) is 5.82 Å². The maximum atomic E-state index is 13.5. The molecule has 4 aromatic rings. The average Bonchev–Trinajstić information content (AvgIpc) is 3.67. The lowest BCUT2D eigenvalue weighted by atomic mass is 9.70. The number of allylic oxidation sites excluding steroid dienone is 3. The van der Waals surface area contributed by atoms with Crippen molar-refractivity contribution in [2.24, 2.45) is 11.1 Å². The third kappa shape index (κ3) is 4.92. The molecule has 1 atom stereocenters. The van der Waals surface area contributed by atoms with E-state index in [1.807, 2.05) is 41.8 Å². The van der Waals surface area contributed by atoms with Crippen molar-refractivity contribution in [2.45, 2.75) is 36.9 Å². The van der Waals surface area contributed by atoms with Crippen LogP contribution >= 0.6 is 45.8 Å². The van der Waals surface area contributed by atoms with Gasteiger partial charge in [-0.3, -0.25) is 14.5 Å². The first-order valence-electron chi connectivity index (χ1n) is 12.4. The number of nitriles is 1. The first kappa shape index (κ1) is 26.6. The first-order valence-corrected chi connectivity index (χ1v) is 15.8. The Morgan fingerprint density at radius 1 is 1.23 bits per heavy atom. The van der Waals surface area contributed by atoms with Gasteiger partial charge in [-0.1, -0.05) is 66.5 Å². The van der Waals surface area contributed by atoms with Crippen LogP contribution in [0.25, 0.3) is 10.2 Å². The Morgan fingerprint density at radius 3 is 2.80 bits per heavy atom. The summed E-state index contributed by atoms with van der Waals surface area (Å²) in [6.45, 7) is 4.11. The first-order chi connectivity index (χ1) is 19.2. The number of thiophene rings is 1. The number of ketones is 1. The second-order valence-electron chi connectivity index (χ2n) is 10.2. The Hall–Kier alpha value is -3.57. The SMILES string of the molecule is CC1(C)CC(=O)C2=C(C1)N(c1nnc(SCC(=O)Nc3nc4ccccc4s3)s1)C(N)=C(C#N)C2c1cccs1. The van der Waals surface area contributed by atoms with Gasteiger partial charge in [-0.05, 0) is 35.4 Å². The molecule has 1 aliphatic carbocycles. The van der Waals surface area contributed by atoms with Crippen LogP contribution in [-0.2, 0) is 9.59 Å². The van der Waals surface area contributed by atoms with Crippen LogP contribution in [0.5, 0.6) is 0 Å². The summed E-state index contributed by atoms with van der Waals surface area (Å²) in [6, 6.07) is 13.8. The lowest BCUT2D eigenvalue weighted by Crippen LogP contribution is -2.42. The predicted molar refractivity (Wildman–Crippen MR) is 160 cm³/mol. The summed E-state index contributed by atoms with van der Waals surface area (Å²) < 4.78 is 1.58. The zero-order valence-electron chi connectivity index (χ0n) is 21.5. The highest BCUT2D eigenvalue weighted by molar-refractivity contribution is 8.01. The number of thiazole rings is 1. The Kier molecular flexibility index (Phi) is 6.95. The average molecular weight is 606 g/mol. The molecule has 4 heterocycles. The van der Waals surface area contributed by atoms with E-state index in [1.54, 1.807) is 4.90 Å². The van der Waals surface area contributed by atoms with Gasteiger partial charge in [-0.2, -0.15) is 5.26 Å². The van der Waals surface area contributed by atoms with Crippen molar-refractivity contribution in [1.29, 1.82) is 5.26 Å². The van der Waals surface area contributed by atoms with E-state index < -0.39 is 5.92 Å². The molecule has 1 amide bonds. The standard InChI is InChI=1S/C27H23N7O2S4/c1-27(2)10-16-22(17(35)11-27)21(19-8-5-9-37-19)14(12-28)23(29)34(16)25-32-33-26(40-25)38-13-20(36)31-24-30-15-6-3-4-7-18(15)39-24/h3-9,21H,10-11,13,29H2,1-2H3,(H,30,31,36). The maximum Gasteiger partial charge on any atom is 0.236 e. The van der Waals surface area contributed by atoms with Crippen molar-refractivity contribution in [3.8, 4) is 6.07 Å². The lowest BCUT2D eigenvalue weighted by Gasteiger charge is -2.42. The van der Waals surface area contributed by atoms with Gasteiger partial charge in [0.05, 0.1) is 33.5 Å². The van der Waals surface area contributed by atoms with E-state index >= 15 is 0 Å². The molecule has 0 saturated heterocycles. The van der Waals surface area contributed by atoms with Crippen molar-refractivity contribution in [3.05, 3.63) is 69.3 Å². The molecular weight excluding hydrogens is 583 g/mol. The maximum absolute atomic E-state index is 13.5. The number of carbonyl (C=O) groups excluding carboxylic acids is 2. The molecule has 6 rings (SSSR count). The normalized spacial score (nSPS) is 18.7. The molecule has 0 saturated carbocycles. The Morgan fingerprint density at radius 2 is 2.05 bits per heavy atom. The van der Waals surface area contributed by atoms with Crippen LogP contribution in [0.15, 0.2) is 68.8 Å². The number of rotatable bonds is 6. The highest BCUT2D eigenvalue weighted by Crippen LogP contribution is 2.51. The van der Waals surface area contributed by atoms with Gasteiger partial charge in [0.25, 0.3) is 0 Å². The fourth-order valence-electron chi connectivity index (χ4n) is 5.03. The third-order valence-corrected chi connectivity index (χ3v) is 10.6. The topological polar surface area (TPSA) is 138 Å². The zero-order chi connectivity index (χ0) is 28.0. The van der Waals surface area contributed by atoms with Crippen molar-refractivity contribution < 1.29 is 9.59 Å². The predicted octanol–water partition coefficient (Wildman–Crippen LogP) is 5.88. The number of carbonyl (C=O) groups is 2. The lowest BCUT2D eigenvalue weighted by molar-refractivity contribution is -0.118. The summed E-state index contributed by atoms with van der Waals surface area (Å²) in [6.07, 6.45) is 0.989. The number of anilines is 2. The van der Waals surface area contributed by atoms with E-state index in [9.17, 15) is 14.9 Å². The highest BCUT2D eigenvalue weighted by atomic mass is 32.2. The second kappa shape index (κ2) is 10.4. The smallest absolute Gasteiger partial charge is 0.236 e. The van der Waals surface area contributed by atoms with E-state index in [2.05, 4.69) is 40.4 Å². The van der Waals surface area contributed by atoms with Crippen LogP contribution in [0.2, 0.25) is 0 Å². The number of benzene rings is 1. The minimum absolute atomic E-state index is 0.0144. The van der Waals surface area contributed by atoms with E-state index in [4.69, 9.17) is 5.73 Å². The molecule has 2 aliphatic rings. The molecule has 9 nitrogen and oxygen atoms in total. The summed E-state index contributed by atoms with van der Waals surface area (Å²) in [5, 5.41) is 24.6. The van der Waals surface area contributed by atoms with E-state index in [0.717, 1.165) is 20.8 Å². The number of amides is 1. The van der Waals surface area contributed by atoms with E-state index in [-0.39, 0.29) is 28.7 Å². The number of fused-ring (bicyclic) bond motifs is 1. The van der Waals surface area contributed by atoms with Gasteiger partial charge >= 0.3 is 0 Å². The Bertz CT molecular complexity index is 1710.